The molecule has 0 spiro atoms. The zero-order valence-electron chi connectivity index (χ0n) is 17.3. The molecule has 30 heavy (non-hydrogen) atoms. The minimum atomic E-state index is -0.547. The van der Waals surface area contributed by atoms with E-state index in [1.54, 1.807) is 7.11 Å². The summed E-state index contributed by atoms with van der Waals surface area (Å²) in [4.78, 5) is 21.6. The number of primary amides is 1. The lowest BCUT2D eigenvalue weighted by atomic mass is 10.2. The number of benzene rings is 2. The van der Waals surface area contributed by atoms with Crippen LogP contribution in [0.25, 0.3) is 11.0 Å². The lowest BCUT2D eigenvalue weighted by Crippen LogP contribution is -2.44. The van der Waals surface area contributed by atoms with Crippen LogP contribution in [0.5, 0.6) is 5.75 Å². The first kappa shape index (κ1) is 19.8. The van der Waals surface area contributed by atoms with Gasteiger partial charge >= 0.3 is 6.03 Å². The second kappa shape index (κ2) is 8.47. The third-order valence-corrected chi connectivity index (χ3v) is 5.37. The van der Waals surface area contributed by atoms with E-state index in [1.165, 1.54) is 4.57 Å². The Labute approximate surface area is 176 Å². The summed E-state index contributed by atoms with van der Waals surface area (Å²) in [6.07, 6.45) is 0.325. The molecule has 1 saturated heterocycles. The van der Waals surface area contributed by atoms with Gasteiger partial charge in [0.1, 0.15) is 17.1 Å². The van der Waals surface area contributed by atoms with Gasteiger partial charge in [0.15, 0.2) is 0 Å². The molecule has 1 aromatic heterocycles. The number of piperazine rings is 1. The summed E-state index contributed by atoms with van der Waals surface area (Å²) in [5.41, 5.74) is 9.11. The third kappa shape index (κ3) is 3.95. The van der Waals surface area contributed by atoms with Crippen molar-refractivity contribution in [2.45, 2.75) is 6.42 Å². The normalized spacial score (nSPS) is 14.4. The van der Waals surface area contributed by atoms with Gasteiger partial charge in [-0.2, -0.15) is 0 Å². The highest BCUT2D eigenvalue weighted by molar-refractivity contribution is 5.96. The highest BCUT2D eigenvalue weighted by Gasteiger charge is 2.21. The molecule has 1 aliphatic heterocycles. The molecule has 1 fully saturated rings. The van der Waals surface area contributed by atoms with Gasteiger partial charge in [0.2, 0.25) is 0 Å². The van der Waals surface area contributed by atoms with Crippen molar-refractivity contribution in [3.8, 4) is 17.6 Å². The second-order valence-electron chi connectivity index (χ2n) is 7.34. The van der Waals surface area contributed by atoms with Gasteiger partial charge < -0.3 is 20.3 Å². The molecule has 2 heterocycles. The first-order chi connectivity index (χ1) is 14.6. The van der Waals surface area contributed by atoms with Crippen LogP contribution in [0.1, 0.15) is 11.4 Å². The number of methoxy groups -OCH3 is 1. The summed E-state index contributed by atoms with van der Waals surface area (Å²) in [6.45, 7) is 3.83. The van der Waals surface area contributed by atoms with Crippen LogP contribution >= 0.6 is 0 Å². The number of nitrogens with two attached hydrogens (primary N) is 1. The number of hydrogen-bond donors (Lipinski definition) is 1. The number of carbonyl (C=O) groups is 1. The molecule has 2 N–H and O–H groups in total. The van der Waals surface area contributed by atoms with Gasteiger partial charge in [-0.25, -0.2) is 14.3 Å². The van der Waals surface area contributed by atoms with E-state index >= 15 is 0 Å². The zero-order chi connectivity index (χ0) is 21.1. The van der Waals surface area contributed by atoms with E-state index in [0.29, 0.717) is 12.2 Å². The van der Waals surface area contributed by atoms with E-state index in [1.807, 2.05) is 36.4 Å². The van der Waals surface area contributed by atoms with Crippen molar-refractivity contribution in [2.75, 3.05) is 45.2 Å². The van der Waals surface area contributed by atoms with Gasteiger partial charge in [-0.3, -0.25) is 0 Å². The summed E-state index contributed by atoms with van der Waals surface area (Å²) >= 11 is 0. The molecule has 3 aromatic rings. The van der Waals surface area contributed by atoms with Crippen LogP contribution in [0.15, 0.2) is 42.5 Å². The van der Waals surface area contributed by atoms with E-state index in [0.717, 1.165) is 54.2 Å². The van der Waals surface area contributed by atoms with Crippen molar-refractivity contribution >= 4 is 22.8 Å². The van der Waals surface area contributed by atoms with Gasteiger partial charge in [0.25, 0.3) is 0 Å². The Bertz CT molecular complexity index is 1120. The smallest absolute Gasteiger partial charge is 0.324 e. The number of anilines is 1. The molecule has 1 amide bonds. The Hall–Kier alpha value is -3.50. The number of nitrogens with zero attached hydrogens (tertiary/aromatic N) is 4. The van der Waals surface area contributed by atoms with Crippen molar-refractivity contribution in [1.82, 2.24) is 14.5 Å². The maximum Gasteiger partial charge on any atom is 0.324 e. The van der Waals surface area contributed by atoms with Crippen LogP contribution in [-0.4, -0.2) is 60.8 Å². The largest absolute Gasteiger partial charge is 0.497 e. The molecule has 2 aromatic carbocycles. The molecule has 0 radical (unpaired) electrons. The lowest BCUT2D eigenvalue weighted by molar-refractivity contribution is 0.250. The SMILES string of the molecule is COc1ccc(C#CCc2nc3c(N4CCN(C)CC4)cccc3n2C(N)=O)cc1. The van der Waals surface area contributed by atoms with Gasteiger partial charge in [0.05, 0.1) is 24.7 Å². The summed E-state index contributed by atoms with van der Waals surface area (Å²) in [5.74, 6) is 7.57. The monoisotopic (exact) mass is 403 g/mol. The Balaban J connectivity index is 1.66. The van der Waals surface area contributed by atoms with Crippen molar-refractivity contribution in [2.24, 2.45) is 5.73 Å². The maximum absolute atomic E-state index is 12.2. The molecule has 0 aliphatic carbocycles. The fourth-order valence-corrected chi connectivity index (χ4v) is 3.70. The first-order valence-electron chi connectivity index (χ1n) is 9.93. The van der Waals surface area contributed by atoms with Crippen molar-refractivity contribution in [3.05, 3.63) is 53.9 Å². The fraction of sp³-hybridized carbons (Fsp3) is 0.304. The number of fused-ring (bicyclic) bond motifs is 1. The standard InChI is InChI=1S/C23H25N5O2/c1-26-13-15-27(16-14-26)19-6-4-7-20-22(19)25-21(28(20)23(24)29)8-3-5-17-9-11-18(30-2)12-10-17/h4,6-7,9-12H,8,13-16H2,1-2H3,(H2,24,29). The zero-order valence-corrected chi connectivity index (χ0v) is 17.3. The molecule has 0 atom stereocenters. The number of likely N-dealkylation sites (N-methyl/N-ethyl adjacent to an activating group) is 1. The second-order valence-corrected chi connectivity index (χ2v) is 7.34. The third-order valence-electron chi connectivity index (χ3n) is 5.37. The van der Waals surface area contributed by atoms with E-state index in [2.05, 4.69) is 34.8 Å². The summed E-state index contributed by atoms with van der Waals surface area (Å²) in [7, 11) is 3.75. The Morgan fingerprint density at radius 2 is 1.87 bits per heavy atom. The number of amides is 1. The molecule has 1 aliphatic rings. The van der Waals surface area contributed by atoms with E-state index in [9.17, 15) is 4.79 Å². The summed E-state index contributed by atoms with van der Waals surface area (Å²) < 4.78 is 6.64. The molecule has 0 bridgehead atoms. The van der Waals surface area contributed by atoms with Crippen LogP contribution in [0.3, 0.4) is 0 Å². The van der Waals surface area contributed by atoms with Crippen LogP contribution in [0.2, 0.25) is 0 Å². The minimum absolute atomic E-state index is 0.325. The highest BCUT2D eigenvalue weighted by Crippen LogP contribution is 2.28. The van der Waals surface area contributed by atoms with Gasteiger partial charge in [0, 0.05) is 31.7 Å². The van der Waals surface area contributed by atoms with Gasteiger partial charge in [-0.15, -0.1) is 0 Å². The fourth-order valence-electron chi connectivity index (χ4n) is 3.70. The molecule has 7 nitrogen and oxygen atoms in total. The van der Waals surface area contributed by atoms with Crippen LogP contribution in [0.4, 0.5) is 10.5 Å². The minimum Gasteiger partial charge on any atom is -0.497 e. The van der Waals surface area contributed by atoms with E-state index < -0.39 is 6.03 Å². The predicted octanol–water partition coefficient (Wildman–Crippen LogP) is 2.32. The molecule has 4 rings (SSSR count). The number of hydrogen-bond acceptors (Lipinski definition) is 5. The summed E-state index contributed by atoms with van der Waals surface area (Å²) in [6, 6.07) is 12.9. The maximum atomic E-state index is 12.2. The van der Waals surface area contributed by atoms with Gasteiger partial charge in [-0.1, -0.05) is 17.9 Å². The molecule has 0 unspecified atom stereocenters. The van der Waals surface area contributed by atoms with Crippen molar-refractivity contribution in [1.29, 1.82) is 0 Å². The molecule has 0 saturated carbocycles. The number of carbonyl (C=O) groups excluding carboxylic acids is 1. The van der Waals surface area contributed by atoms with Crippen molar-refractivity contribution in [3.63, 3.8) is 0 Å². The predicted molar refractivity (Wildman–Crippen MR) is 118 cm³/mol. The Morgan fingerprint density at radius 1 is 1.13 bits per heavy atom. The molecule has 154 valence electrons. The summed E-state index contributed by atoms with van der Waals surface area (Å²) in [5, 5.41) is 0. The van der Waals surface area contributed by atoms with Gasteiger partial charge in [-0.05, 0) is 43.4 Å². The van der Waals surface area contributed by atoms with Crippen LogP contribution < -0.4 is 15.4 Å². The van der Waals surface area contributed by atoms with E-state index in [-0.39, 0.29) is 0 Å². The average molecular weight is 403 g/mol. The van der Waals surface area contributed by atoms with Crippen LogP contribution in [0, 0.1) is 11.8 Å². The number of para-hydroxylation sites is 1. The molecular formula is C23H25N5O2. The van der Waals surface area contributed by atoms with Crippen molar-refractivity contribution < 1.29 is 9.53 Å². The Morgan fingerprint density at radius 3 is 2.53 bits per heavy atom. The molecular weight excluding hydrogens is 378 g/mol. The van der Waals surface area contributed by atoms with E-state index in [4.69, 9.17) is 15.5 Å². The first-order valence-corrected chi connectivity index (χ1v) is 9.93. The average Bonchev–Trinajstić information content (AvgIpc) is 3.13. The number of aromatic nitrogens is 2. The highest BCUT2D eigenvalue weighted by atomic mass is 16.5. The quantitative estimate of drug-likeness (QED) is 0.679. The molecule has 7 heteroatoms. The number of imidazole rings is 1. The Kier molecular flexibility index (Phi) is 5.59. The topological polar surface area (TPSA) is 76.6 Å². The van der Waals surface area contributed by atoms with Crippen LogP contribution in [-0.2, 0) is 6.42 Å². The lowest BCUT2D eigenvalue weighted by Gasteiger charge is -2.34. The number of rotatable bonds is 3. The number of ether oxygens (including phenoxy) is 1.